The summed E-state index contributed by atoms with van der Waals surface area (Å²) in [7, 11) is 5.94. The van der Waals surface area contributed by atoms with Gasteiger partial charge in [-0.2, -0.15) is 0 Å². The Morgan fingerprint density at radius 3 is 2.17 bits per heavy atom. The van der Waals surface area contributed by atoms with E-state index in [-0.39, 0.29) is 22.2 Å². The van der Waals surface area contributed by atoms with Gasteiger partial charge in [0.05, 0.1) is 45.2 Å². The van der Waals surface area contributed by atoms with E-state index in [2.05, 4.69) is 4.98 Å². The first-order chi connectivity index (χ1) is 11.5. The minimum Gasteiger partial charge on any atom is -0.495 e. The van der Waals surface area contributed by atoms with E-state index in [0.717, 1.165) is 0 Å². The molecule has 6 nitrogen and oxygen atoms in total. The minimum absolute atomic E-state index is 0.103. The molecule has 0 aliphatic rings. The van der Waals surface area contributed by atoms with E-state index in [1.165, 1.54) is 40.7 Å². The molecule has 0 N–H and O–H groups in total. The summed E-state index contributed by atoms with van der Waals surface area (Å²) >= 11 is 6.17. The largest absolute Gasteiger partial charge is 0.495 e. The van der Waals surface area contributed by atoms with Crippen molar-refractivity contribution in [3.8, 4) is 23.0 Å². The van der Waals surface area contributed by atoms with Crippen molar-refractivity contribution in [1.29, 1.82) is 0 Å². The zero-order valence-electron chi connectivity index (χ0n) is 14.1. The number of benzene rings is 1. The van der Waals surface area contributed by atoms with Gasteiger partial charge in [-0.05, 0) is 18.6 Å². The van der Waals surface area contributed by atoms with Gasteiger partial charge in [0, 0.05) is 6.07 Å². The zero-order chi connectivity index (χ0) is 17.9. The Labute approximate surface area is 145 Å². The van der Waals surface area contributed by atoms with Crippen LogP contribution in [0.5, 0.6) is 23.0 Å². The number of ketones is 1. The molecule has 0 atom stereocenters. The van der Waals surface area contributed by atoms with Crippen molar-refractivity contribution in [3.63, 3.8) is 0 Å². The molecule has 0 saturated carbocycles. The number of aromatic nitrogens is 1. The van der Waals surface area contributed by atoms with E-state index in [1.807, 2.05) is 0 Å². The molecule has 0 saturated heterocycles. The standard InChI is InChI=1S/C17H18ClNO5/c1-9-6-12(22-3)16(23-4)17(24-5)13(9)15(20)14-11(18)7-10(21-2)8-19-14/h6-8H,1-5H3. The zero-order valence-corrected chi connectivity index (χ0v) is 14.9. The van der Waals surface area contributed by atoms with Crippen LogP contribution in [-0.2, 0) is 0 Å². The molecule has 0 aliphatic carbocycles. The number of halogens is 1. The molecule has 2 aromatic rings. The normalized spacial score (nSPS) is 10.2. The summed E-state index contributed by atoms with van der Waals surface area (Å²) < 4.78 is 21.1. The topological polar surface area (TPSA) is 66.9 Å². The van der Waals surface area contributed by atoms with Gasteiger partial charge in [0.15, 0.2) is 11.5 Å². The average Bonchev–Trinajstić information content (AvgIpc) is 2.59. The van der Waals surface area contributed by atoms with Gasteiger partial charge in [0.1, 0.15) is 11.4 Å². The van der Waals surface area contributed by atoms with Crippen molar-refractivity contribution < 1.29 is 23.7 Å². The van der Waals surface area contributed by atoms with Crippen LogP contribution in [0.25, 0.3) is 0 Å². The fraction of sp³-hybridized carbons (Fsp3) is 0.294. The van der Waals surface area contributed by atoms with Crippen LogP contribution in [0.1, 0.15) is 21.6 Å². The molecule has 24 heavy (non-hydrogen) atoms. The number of pyridine rings is 1. The summed E-state index contributed by atoms with van der Waals surface area (Å²) in [4.78, 5) is 17.1. The summed E-state index contributed by atoms with van der Waals surface area (Å²) in [6.45, 7) is 1.77. The third kappa shape index (κ3) is 3.10. The first kappa shape index (κ1) is 17.9. The Morgan fingerprint density at radius 2 is 1.67 bits per heavy atom. The second kappa shape index (κ2) is 7.40. The summed E-state index contributed by atoms with van der Waals surface area (Å²) in [5.74, 6) is 1.16. The predicted octanol–water partition coefficient (Wildman–Crippen LogP) is 3.31. The number of aryl methyl sites for hydroxylation is 1. The molecule has 0 fully saturated rings. The predicted molar refractivity (Wildman–Crippen MR) is 90.1 cm³/mol. The van der Waals surface area contributed by atoms with E-state index in [1.54, 1.807) is 13.0 Å². The highest BCUT2D eigenvalue weighted by Gasteiger charge is 2.26. The summed E-state index contributed by atoms with van der Waals surface area (Å²) in [5.41, 5.74) is 1.07. The Morgan fingerprint density at radius 1 is 1.00 bits per heavy atom. The number of methoxy groups -OCH3 is 4. The fourth-order valence-electron chi connectivity index (χ4n) is 2.38. The smallest absolute Gasteiger partial charge is 0.217 e. The number of rotatable bonds is 6. The SMILES string of the molecule is COc1cnc(C(=O)c2c(C)cc(OC)c(OC)c2OC)c(Cl)c1. The van der Waals surface area contributed by atoms with Gasteiger partial charge in [-0.25, -0.2) is 4.98 Å². The Bertz CT molecular complexity index is 776. The lowest BCUT2D eigenvalue weighted by molar-refractivity contribution is 0.103. The van der Waals surface area contributed by atoms with E-state index >= 15 is 0 Å². The molecule has 1 aromatic carbocycles. The van der Waals surface area contributed by atoms with Crippen LogP contribution < -0.4 is 18.9 Å². The van der Waals surface area contributed by atoms with Gasteiger partial charge < -0.3 is 18.9 Å². The highest BCUT2D eigenvalue weighted by molar-refractivity contribution is 6.35. The van der Waals surface area contributed by atoms with Gasteiger partial charge in [0.2, 0.25) is 11.5 Å². The molecular weight excluding hydrogens is 334 g/mol. The number of carbonyl (C=O) groups excluding carboxylic acids is 1. The van der Waals surface area contributed by atoms with Crippen LogP contribution in [0, 0.1) is 6.92 Å². The van der Waals surface area contributed by atoms with Gasteiger partial charge in [-0.15, -0.1) is 0 Å². The minimum atomic E-state index is -0.377. The molecule has 0 spiro atoms. The van der Waals surface area contributed by atoms with Crippen molar-refractivity contribution in [2.75, 3.05) is 28.4 Å². The Kier molecular flexibility index (Phi) is 5.51. The Hall–Kier alpha value is -2.47. The van der Waals surface area contributed by atoms with Crippen molar-refractivity contribution in [1.82, 2.24) is 4.98 Å². The summed E-state index contributed by atoms with van der Waals surface area (Å²) in [5, 5.41) is 0.190. The number of ether oxygens (including phenoxy) is 4. The first-order valence-electron chi connectivity index (χ1n) is 7.02. The average molecular weight is 352 g/mol. The molecule has 128 valence electrons. The quantitative estimate of drug-likeness (QED) is 0.744. The highest BCUT2D eigenvalue weighted by atomic mass is 35.5. The van der Waals surface area contributed by atoms with Crippen molar-refractivity contribution in [2.24, 2.45) is 0 Å². The van der Waals surface area contributed by atoms with Crippen molar-refractivity contribution in [3.05, 3.63) is 40.2 Å². The van der Waals surface area contributed by atoms with Crippen molar-refractivity contribution >= 4 is 17.4 Å². The number of hydrogen-bond donors (Lipinski definition) is 0. The molecule has 1 aromatic heterocycles. The monoisotopic (exact) mass is 351 g/mol. The molecule has 0 radical (unpaired) electrons. The molecule has 0 bridgehead atoms. The Balaban J connectivity index is 2.65. The van der Waals surface area contributed by atoms with E-state index < -0.39 is 0 Å². The highest BCUT2D eigenvalue weighted by Crippen LogP contribution is 2.42. The maximum Gasteiger partial charge on any atom is 0.217 e. The lowest BCUT2D eigenvalue weighted by atomic mass is 9.99. The molecular formula is C17H18ClNO5. The second-order valence-electron chi connectivity index (χ2n) is 4.87. The number of carbonyl (C=O) groups is 1. The van der Waals surface area contributed by atoms with Crippen LogP contribution in [0.2, 0.25) is 5.02 Å². The lowest BCUT2D eigenvalue weighted by Crippen LogP contribution is -2.11. The molecule has 0 amide bonds. The van der Waals surface area contributed by atoms with E-state index in [0.29, 0.717) is 28.4 Å². The number of nitrogens with zero attached hydrogens (tertiary/aromatic N) is 1. The van der Waals surface area contributed by atoms with Gasteiger partial charge in [0.25, 0.3) is 0 Å². The van der Waals surface area contributed by atoms with Crippen LogP contribution in [0.15, 0.2) is 18.3 Å². The van der Waals surface area contributed by atoms with Crippen LogP contribution >= 0.6 is 11.6 Å². The van der Waals surface area contributed by atoms with E-state index in [9.17, 15) is 4.79 Å². The van der Waals surface area contributed by atoms with E-state index in [4.69, 9.17) is 30.5 Å². The third-order valence-corrected chi connectivity index (χ3v) is 3.81. The van der Waals surface area contributed by atoms with Crippen molar-refractivity contribution in [2.45, 2.75) is 6.92 Å². The van der Waals surface area contributed by atoms with Crippen LogP contribution in [0.4, 0.5) is 0 Å². The number of hydrogen-bond acceptors (Lipinski definition) is 6. The third-order valence-electron chi connectivity index (χ3n) is 3.52. The second-order valence-corrected chi connectivity index (χ2v) is 5.28. The first-order valence-corrected chi connectivity index (χ1v) is 7.40. The molecule has 2 rings (SSSR count). The fourth-order valence-corrected chi connectivity index (χ4v) is 2.62. The summed E-state index contributed by atoms with van der Waals surface area (Å²) in [6, 6.07) is 3.23. The van der Waals surface area contributed by atoms with Gasteiger partial charge in [-0.3, -0.25) is 4.79 Å². The molecule has 7 heteroatoms. The molecule has 0 unspecified atom stereocenters. The van der Waals surface area contributed by atoms with Gasteiger partial charge >= 0.3 is 0 Å². The van der Waals surface area contributed by atoms with Gasteiger partial charge in [-0.1, -0.05) is 11.6 Å². The van der Waals surface area contributed by atoms with Crippen LogP contribution in [-0.4, -0.2) is 39.2 Å². The molecule has 0 aliphatic heterocycles. The van der Waals surface area contributed by atoms with Crippen LogP contribution in [0.3, 0.4) is 0 Å². The maximum atomic E-state index is 13.0. The molecule has 1 heterocycles. The maximum absolute atomic E-state index is 13.0. The summed E-state index contributed by atoms with van der Waals surface area (Å²) in [6.07, 6.45) is 1.43. The lowest BCUT2D eigenvalue weighted by Gasteiger charge is -2.17.